The summed E-state index contributed by atoms with van der Waals surface area (Å²) in [6, 6.07) is 15.1. The Morgan fingerprint density at radius 2 is 2.04 bits per heavy atom. The third-order valence-corrected chi connectivity index (χ3v) is 4.90. The lowest BCUT2D eigenvalue weighted by atomic mass is 10.0. The Balaban J connectivity index is 1.86. The number of fused-ring (bicyclic) bond motifs is 1. The van der Waals surface area contributed by atoms with Crippen molar-refractivity contribution in [3.8, 4) is 0 Å². The van der Waals surface area contributed by atoms with E-state index >= 15 is 0 Å². The average Bonchev–Trinajstić information content (AvgIpc) is 3.02. The molecule has 0 aliphatic carbocycles. The molecule has 0 saturated heterocycles. The number of nitrogens with one attached hydrogen (secondary N) is 1. The van der Waals surface area contributed by atoms with E-state index in [1.54, 1.807) is 0 Å². The molecule has 0 amide bonds. The second-order valence-corrected chi connectivity index (χ2v) is 7.11. The van der Waals surface area contributed by atoms with Crippen LogP contribution in [0.1, 0.15) is 42.4 Å². The van der Waals surface area contributed by atoms with Gasteiger partial charge in [-0.05, 0) is 50.0 Å². The molecular formula is C19H24N4S. The summed E-state index contributed by atoms with van der Waals surface area (Å²) < 4.78 is 2.08. The molecule has 2 heterocycles. The Labute approximate surface area is 147 Å². The van der Waals surface area contributed by atoms with Gasteiger partial charge in [-0.3, -0.25) is 4.40 Å². The van der Waals surface area contributed by atoms with E-state index in [0.717, 1.165) is 23.6 Å². The smallest absolute Gasteiger partial charge is 0.160 e. The maximum atomic E-state index is 4.45. The van der Waals surface area contributed by atoms with Gasteiger partial charge in [0.05, 0.1) is 6.04 Å². The zero-order valence-electron chi connectivity index (χ0n) is 14.4. The minimum absolute atomic E-state index is 0.172. The van der Waals surface area contributed by atoms with Crippen molar-refractivity contribution in [3.63, 3.8) is 0 Å². The van der Waals surface area contributed by atoms with E-state index in [2.05, 4.69) is 64.3 Å². The molecule has 4 nitrogen and oxygen atoms in total. The Morgan fingerprint density at radius 1 is 1.17 bits per heavy atom. The van der Waals surface area contributed by atoms with Gasteiger partial charge in [-0.15, -0.1) is 10.2 Å². The largest absolute Gasteiger partial charge is 0.301 e. The van der Waals surface area contributed by atoms with Gasteiger partial charge in [0.2, 0.25) is 0 Å². The number of nitrogens with zero attached hydrogens (tertiary/aromatic N) is 3. The molecular weight excluding hydrogens is 316 g/mol. The number of hydrogen-bond acceptors (Lipinski definition) is 4. The highest BCUT2D eigenvalue weighted by Gasteiger charge is 2.20. The quantitative estimate of drug-likeness (QED) is 0.700. The first-order chi connectivity index (χ1) is 11.7. The van der Waals surface area contributed by atoms with E-state index in [-0.39, 0.29) is 12.1 Å². The lowest BCUT2D eigenvalue weighted by Gasteiger charge is -2.22. The predicted octanol–water partition coefficient (Wildman–Crippen LogP) is 4.18. The summed E-state index contributed by atoms with van der Waals surface area (Å²) in [5, 5.41) is 12.5. The van der Waals surface area contributed by atoms with Crippen molar-refractivity contribution in [2.24, 2.45) is 0 Å². The van der Waals surface area contributed by atoms with Crippen molar-refractivity contribution in [1.29, 1.82) is 0 Å². The van der Waals surface area contributed by atoms with Crippen LogP contribution in [0.3, 0.4) is 0 Å². The SMILES string of the molecule is CSCCC(NC(C)c1cccc(C)c1)c1nnc2ccccn12. The summed E-state index contributed by atoms with van der Waals surface area (Å²) in [4.78, 5) is 0. The summed E-state index contributed by atoms with van der Waals surface area (Å²) in [6.45, 7) is 4.34. The summed E-state index contributed by atoms with van der Waals surface area (Å²) in [5.41, 5.74) is 3.49. The maximum Gasteiger partial charge on any atom is 0.160 e. The van der Waals surface area contributed by atoms with Crippen LogP contribution in [0.5, 0.6) is 0 Å². The highest BCUT2D eigenvalue weighted by Crippen LogP contribution is 2.23. The third kappa shape index (κ3) is 3.79. The molecule has 3 rings (SSSR count). The summed E-state index contributed by atoms with van der Waals surface area (Å²) in [6.07, 6.45) is 5.20. The molecule has 0 spiro atoms. The van der Waals surface area contributed by atoms with Crippen LogP contribution in [0.4, 0.5) is 0 Å². The van der Waals surface area contributed by atoms with E-state index in [9.17, 15) is 0 Å². The van der Waals surface area contributed by atoms with Crippen LogP contribution in [-0.4, -0.2) is 26.6 Å². The molecule has 0 fully saturated rings. The van der Waals surface area contributed by atoms with E-state index in [0.29, 0.717) is 0 Å². The van der Waals surface area contributed by atoms with Gasteiger partial charge in [0.25, 0.3) is 0 Å². The fourth-order valence-electron chi connectivity index (χ4n) is 2.96. The summed E-state index contributed by atoms with van der Waals surface area (Å²) in [5.74, 6) is 2.07. The van der Waals surface area contributed by atoms with E-state index in [4.69, 9.17) is 0 Å². The monoisotopic (exact) mass is 340 g/mol. The number of hydrogen-bond donors (Lipinski definition) is 1. The van der Waals surface area contributed by atoms with Crippen LogP contribution in [0, 0.1) is 6.92 Å². The average molecular weight is 340 g/mol. The topological polar surface area (TPSA) is 42.2 Å². The van der Waals surface area contributed by atoms with Crippen LogP contribution in [0.15, 0.2) is 48.7 Å². The fourth-order valence-corrected chi connectivity index (χ4v) is 3.43. The molecule has 126 valence electrons. The highest BCUT2D eigenvalue weighted by atomic mass is 32.2. The molecule has 5 heteroatoms. The van der Waals surface area contributed by atoms with Gasteiger partial charge in [-0.1, -0.05) is 35.9 Å². The predicted molar refractivity (Wildman–Crippen MR) is 101 cm³/mol. The molecule has 3 aromatic rings. The molecule has 2 aromatic heterocycles. The molecule has 0 radical (unpaired) electrons. The molecule has 0 bridgehead atoms. The zero-order valence-corrected chi connectivity index (χ0v) is 15.3. The number of rotatable bonds is 7. The van der Waals surface area contributed by atoms with Crippen molar-refractivity contribution in [1.82, 2.24) is 19.9 Å². The zero-order chi connectivity index (χ0) is 16.9. The van der Waals surface area contributed by atoms with Crippen molar-refractivity contribution in [3.05, 3.63) is 65.6 Å². The molecule has 0 aliphatic rings. The minimum atomic E-state index is 0.172. The fraction of sp³-hybridized carbons (Fsp3) is 0.368. The standard InChI is InChI=1S/C19H24N4S/c1-14-7-6-8-16(13-14)15(2)20-17(10-12-24-3)19-22-21-18-9-4-5-11-23(18)19/h4-9,11,13,15,17,20H,10,12H2,1-3H3. The van der Waals surface area contributed by atoms with Gasteiger partial charge in [-0.2, -0.15) is 11.8 Å². The Bertz CT molecular complexity index is 799. The van der Waals surface area contributed by atoms with Crippen LogP contribution in [0.2, 0.25) is 0 Å². The number of thioether (sulfide) groups is 1. The van der Waals surface area contributed by atoms with Gasteiger partial charge in [0.1, 0.15) is 0 Å². The maximum absolute atomic E-state index is 4.45. The second-order valence-electron chi connectivity index (χ2n) is 6.12. The lowest BCUT2D eigenvalue weighted by molar-refractivity contribution is 0.438. The summed E-state index contributed by atoms with van der Waals surface area (Å²) >= 11 is 1.86. The third-order valence-electron chi connectivity index (χ3n) is 4.26. The van der Waals surface area contributed by atoms with Gasteiger partial charge in [-0.25, -0.2) is 0 Å². The van der Waals surface area contributed by atoms with E-state index in [1.807, 2.05) is 36.2 Å². The Kier molecular flexibility index (Phi) is 5.53. The van der Waals surface area contributed by atoms with Crippen molar-refractivity contribution >= 4 is 17.4 Å². The lowest BCUT2D eigenvalue weighted by Crippen LogP contribution is -2.27. The first kappa shape index (κ1) is 17.0. The van der Waals surface area contributed by atoms with Crippen LogP contribution in [0.25, 0.3) is 5.65 Å². The number of aryl methyl sites for hydroxylation is 1. The van der Waals surface area contributed by atoms with Crippen molar-refractivity contribution in [2.45, 2.75) is 32.4 Å². The minimum Gasteiger partial charge on any atom is -0.301 e. The first-order valence-corrected chi connectivity index (χ1v) is 9.69. The van der Waals surface area contributed by atoms with Crippen molar-refractivity contribution in [2.75, 3.05) is 12.0 Å². The molecule has 1 N–H and O–H groups in total. The van der Waals surface area contributed by atoms with Crippen LogP contribution in [-0.2, 0) is 0 Å². The molecule has 0 saturated carbocycles. The van der Waals surface area contributed by atoms with Gasteiger partial charge in [0.15, 0.2) is 11.5 Å². The number of benzene rings is 1. The van der Waals surface area contributed by atoms with Crippen molar-refractivity contribution < 1.29 is 0 Å². The molecule has 0 aliphatic heterocycles. The number of aromatic nitrogens is 3. The van der Waals surface area contributed by atoms with E-state index in [1.165, 1.54) is 11.1 Å². The number of pyridine rings is 1. The Morgan fingerprint density at radius 3 is 2.83 bits per heavy atom. The van der Waals surface area contributed by atoms with Gasteiger partial charge < -0.3 is 5.32 Å². The second kappa shape index (κ2) is 7.81. The van der Waals surface area contributed by atoms with Gasteiger partial charge >= 0.3 is 0 Å². The molecule has 24 heavy (non-hydrogen) atoms. The molecule has 1 aromatic carbocycles. The normalized spacial score (nSPS) is 14.0. The van der Waals surface area contributed by atoms with Crippen LogP contribution >= 0.6 is 11.8 Å². The molecule has 2 atom stereocenters. The Hall–Kier alpha value is -1.85. The first-order valence-electron chi connectivity index (χ1n) is 8.30. The highest BCUT2D eigenvalue weighted by molar-refractivity contribution is 7.98. The van der Waals surface area contributed by atoms with Gasteiger partial charge in [0, 0.05) is 12.2 Å². The summed E-state index contributed by atoms with van der Waals surface area (Å²) in [7, 11) is 0. The van der Waals surface area contributed by atoms with E-state index < -0.39 is 0 Å². The molecule has 2 unspecified atom stereocenters. The van der Waals surface area contributed by atoms with Crippen LogP contribution < -0.4 is 5.32 Å².